The summed E-state index contributed by atoms with van der Waals surface area (Å²) in [5.41, 5.74) is -0.886. The molecule has 0 unspecified atom stereocenters. The second-order valence-corrected chi connectivity index (χ2v) is 6.71. The van der Waals surface area contributed by atoms with Crippen LogP contribution in [0.5, 0.6) is 0 Å². The number of thiocarbonyl (C=S) groups is 1. The predicted molar refractivity (Wildman–Crippen MR) is 111 cm³/mol. The molecule has 1 heterocycles. The normalized spacial score (nSPS) is 12.1. The molecule has 0 amide bonds. The molecule has 6 nitrogen and oxygen atoms in total. The highest BCUT2D eigenvalue weighted by molar-refractivity contribution is 7.81. The molecule has 0 spiro atoms. The van der Waals surface area contributed by atoms with Crippen LogP contribution >= 0.6 is 12.2 Å². The van der Waals surface area contributed by atoms with E-state index in [0.717, 1.165) is 12.1 Å². The fourth-order valence-corrected chi connectivity index (χ4v) is 3.04. The van der Waals surface area contributed by atoms with E-state index in [2.05, 4.69) is 5.32 Å². The summed E-state index contributed by atoms with van der Waals surface area (Å²) < 4.78 is 40.4. The Hall–Kier alpha value is -3.79. The molecule has 0 aliphatic rings. The van der Waals surface area contributed by atoms with Gasteiger partial charge in [0, 0.05) is 30.0 Å². The van der Waals surface area contributed by atoms with Crippen molar-refractivity contribution in [3.8, 4) is 0 Å². The van der Waals surface area contributed by atoms with Gasteiger partial charge in [0.05, 0.1) is 10.5 Å². The Labute approximate surface area is 180 Å². The van der Waals surface area contributed by atoms with Crippen molar-refractivity contribution in [2.45, 2.75) is 6.18 Å². The molecule has 0 saturated carbocycles. The van der Waals surface area contributed by atoms with Crippen LogP contribution in [0.1, 0.15) is 11.1 Å². The van der Waals surface area contributed by atoms with Crippen molar-refractivity contribution in [3.63, 3.8) is 0 Å². The number of nitrogens with one attached hydrogen (secondary N) is 1. The lowest BCUT2D eigenvalue weighted by Crippen LogP contribution is -2.39. The van der Waals surface area contributed by atoms with Crippen LogP contribution in [0.15, 0.2) is 79.1 Å². The van der Waals surface area contributed by atoms with E-state index in [1.165, 1.54) is 41.0 Å². The number of benzene rings is 2. The third kappa shape index (κ3) is 5.23. The minimum Gasteiger partial charge on any atom is -0.867 e. The summed E-state index contributed by atoms with van der Waals surface area (Å²) in [6.07, 6.45) is -1.42. The lowest BCUT2D eigenvalue weighted by molar-refractivity contribution is -0.577. The second kappa shape index (κ2) is 8.92. The van der Waals surface area contributed by atoms with E-state index in [0.29, 0.717) is 0 Å². The zero-order valence-corrected chi connectivity index (χ0v) is 16.5. The standard InChI is InChI=1S/C21H14F3N3O3S/c22-21(23,24)15-5-4-6-16(13-15)25-20(31)18(26-11-2-1-3-12-26)19(28)14-7-9-17(10-8-14)27(29)30/h1-13H,(H-,25,28,31). The number of nitrogens with zero attached hydrogens (tertiary/aromatic N) is 2. The molecule has 3 aromatic rings. The number of pyridine rings is 1. The van der Waals surface area contributed by atoms with Crippen LogP contribution in [0, 0.1) is 10.1 Å². The molecule has 2 aromatic carbocycles. The van der Waals surface area contributed by atoms with Gasteiger partial charge in [-0.15, -0.1) is 0 Å². The Balaban J connectivity index is 2.03. The van der Waals surface area contributed by atoms with Crippen LogP contribution in [0.2, 0.25) is 0 Å². The Morgan fingerprint density at radius 2 is 1.65 bits per heavy atom. The molecule has 1 aromatic heterocycles. The van der Waals surface area contributed by atoms with Crippen LogP contribution in [0.4, 0.5) is 24.5 Å². The zero-order valence-electron chi connectivity index (χ0n) is 15.7. The highest BCUT2D eigenvalue weighted by Crippen LogP contribution is 2.31. The Morgan fingerprint density at radius 1 is 1.00 bits per heavy atom. The van der Waals surface area contributed by atoms with E-state index in [-0.39, 0.29) is 27.6 Å². The Kier molecular flexibility index (Phi) is 6.30. The van der Waals surface area contributed by atoms with Gasteiger partial charge in [0.2, 0.25) is 5.70 Å². The second-order valence-electron chi connectivity index (χ2n) is 6.30. The number of rotatable bonds is 5. The minimum absolute atomic E-state index is 0.0261. The van der Waals surface area contributed by atoms with Crippen LogP contribution in [-0.4, -0.2) is 9.91 Å². The first-order valence-corrected chi connectivity index (χ1v) is 9.19. The SMILES string of the molecule is O=[N+]([O-])c1ccc(/C([O-])=C(/C(=S)Nc2cccc(C(F)(F)F)c2)[n+]2ccccc2)cc1. The smallest absolute Gasteiger partial charge is 0.416 e. The average Bonchev–Trinajstić information content (AvgIpc) is 2.74. The van der Waals surface area contributed by atoms with E-state index in [4.69, 9.17) is 12.2 Å². The van der Waals surface area contributed by atoms with Gasteiger partial charge in [-0.25, -0.2) is 0 Å². The molecular weight excluding hydrogens is 431 g/mol. The zero-order chi connectivity index (χ0) is 22.6. The number of non-ortho nitro benzene ring substituents is 1. The number of nitro benzene ring substituents is 1. The quantitative estimate of drug-likeness (QED) is 0.160. The number of hydrogen-bond acceptors (Lipinski definition) is 4. The molecule has 0 aliphatic carbocycles. The summed E-state index contributed by atoms with van der Waals surface area (Å²) in [4.78, 5) is 10.1. The first-order chi connectivity index (χ1) is 14.7. The van der Waals surface area contributed by atoms with E-state index in [1.807, 2.05) is 0 Å². The van der Waals surface area contributed by atoms with Crippen molar-refractivity contribution in [3.05, 3.63) is 100 Å². The molecule has 0 bridgehead atoms. The van der Waals surface area contributed by atoms with E-state index >= 15 is 0 Å². The molecule has 158 valence electrons. The molecule has 0 radical (unpaired) electrons. The molecular formula is C21H14F3N3O3S. The predicted octanol–water partition coefficient (Wildman–Crippen LogP) is 4.03. The van der Waals surface area contributed by atoms with Gasteiger partial charge in [-0.05, 0) is 41.7 Å². The van der Waals surface area contributed by atoms with Gasteiger partial charge < -0.3 is 10.4 Å². The van der Waals surface area contributed by atoms with Gasteiger partial charge >= 0.3 is 6.18 Å². The molecule has 10 heteroatoms. The fraction of sp³-hybridized carbons (Fsp3) is 0.0476. The van der Waals surface area contributed by atoms with Crippen molar-refractivity contribution >= 4 is 40.0 Å². The van der Waals surface area contributed by atoms with Crippen LogP contribution < -0.4 is 15.0 Å². The third-order valence-electron chi connectivity index (χ3n) is 4.19. The summed E-state index contributed by atoms with van der Waals surface area (Å²) in [5, 5.41) is 26.7. The van der Waals surface area contributed by atoms with Gasteiger partial charge in [-0.1, -0.05) is 24.4 Å². The molecule has 0 saturated heterocycles. The topological polar surface area (TPSA) is 82.1 Å². The van der Waals surface area contributed by atoms with Gasteiger partial charge in [0.25, 0.3) is 5.69 Å². The van der Waals surface area contributed by atoms with Crippen LogP contribution in [0.25, 0.3) is 11.5 Å². The molecule has 1 N–H and O–H groups in total. The molecule has 3 rings (SSSR count). The van der Waals surface area contributed by atoms with Crippen molar-refractivity contribution in [1.82, 2.24) is 0 Å². The van der Waals surface area contributed by atoms with Crippen molar-refractivity contribution in [2.24, 2.45) is 0 Å². The maximum absolute atomic E-state index is 13.1. The van der Waals surface area contributed by atoms with E-state index in [9.17, 15) is 28.4 Å². The van der Waals surface area contributed by atoms with E-state index < -0.39 is 22.4 Å². The number of aromatic nitrogens is 1. The fourth-order valence-electron chi connectivity index (χ4n) is 2.72. The highest BCUT2D eigenvalue weighted by atomic mass is 32.1. The summed E-state index contributed by atoms with van der Waals surface area (Å²) in [6, 6.07) is 14.4. The highest BCUT2D eigenvalue weighted by Gasteiger charge is 2.30. The molecule has 0 atom stereocenters. The number of nitro groups is 1. The first-order valence-electron chi connectivity index (χ1n) is 8.78. The van der Waals surface area contributed by atoms with E-state index in [1.54, 1.807) is 30.6 Å². The van der Waals surface area contributed by atoms with Crippen molar-refractivity contribution in [1.29, 1.82) is 0 Å². The maximum atomic E-state index is 13.1. The van der Waals surface area contributed by atoms with Gasteiger partial charge in [0.1, 0.15) is 0 Å². The number of halogens is 3. The van der Waals surface area contributed by atoms with Gasteiger partial charge in [-0.2, -0.15) is 17.7 Å². The molecule has 31 heavy (non-hydrogen) atoms. The Morgan fingerprint density at radius 3 is 2.23 bits per heavy atom. The van der Waals surface area contributed by atoms with Crippen LogP contribution in [0.3, 0.4) is 0 Å². The summed E-state index contributed by atoms with van der Waals surface area (Å²) in [6.45, 7) is 0. The summed E-state index contributed by atoms with van der Waals surface area (Å²) >= 11 is 5.34. The largest absolute Gasteiger partial charge is 0.867 e. The number of hydrogen-bond donors (Lipinski definition) is 1. The van der Waals surface area contributed by atoms with Crippen LogP contribution in [-0.2, 0) is 6.18 Å². The lowest BCUT2D eigenvalue weighted by Gasteiger charge is -2.17. The maximum Gasteiger partial charge on any atom is 0.416 e. The minimum atomic E-state index is -4.53. The van der Waals surface area contributed by atoms with Gasteiger partial charge in [0.15, 0.2) is 17.4 Å². The monoisotopic (exact) mass is 445 g/mol. The summed E-state index contributed by atoms with van der Waals surface area (Å²) in [5.74, 6) is -0.560. The number of anilines is 1. The van der Waals surface area contributed by atoms with Gasteiger partial charge in [-0.3, -0.25) is 10.1 Å². The first kappa shape index (κ1) is 21.9. The summed E-state index contributed by atoms with van der Waals surface area (Å²) in [7, 11) is 0. The number of alkyl halides is 3. The molecule has 0 aliphatic heterocycles. The lowest BCUT2D eigenvalue weighted by atomic mass is 10.1. The van der Waals surface area contributed by atoms with Crippen molar-refractivity contribution < 1.29 is 27.8 Å². The molecule has 0 fully saturated rings. The third-order valence-corrected chi connectivity index (χ3v) is 4.49. The Bertz CT molecular complexity index is 1150. The van der Waals surface area contributed by atoms with Crippen molar-refractivity contribution in [2.75, 3.05) is 5.32 Å². The average molecular weight is 445 g/mol.